The normalized spacial score (nSPS) is 17.3. The van der Waals surface area contributed by atoms with Crippen LogP contribution in [-0.2, 0) is 22.6 Å². The Morgan fingerprint density at radius 1 is 1.05 bits per heavy atom. The highest BCUT2D eigenvalue weighted by Gasteiger charge is 2.36. The second-order valence-corrected chi connectivity index (χ2v) is 10.2. The molecule has 38 heavy (non-hydrogen) atoms. The van der Waals surface area contributed by atoms with Gasteiger partial charge >= 0.3 is 0 Å². The van der Waals surface area contributed by atoms with Crippen LogP contribution in [0.25, 0.3) is 0 Å². The van der Waals surface area contributed by atoms with Gasteiger partial charge in [-0.15, -0.1) is 0 Å². The van der Waals surface area contributed by atoms with E-state index in [9.17, 15) is 9.59 Å². The van der Waals surface area contributed by atoms with Gasteiger partial charge in [0.2, 0.25) is 5.91 Å². The number of hydrogen-bond acceptors (Lipinski definition) is 5. The number of carbonyl (C=O) groups is 2. The molecule has 1 aromatic heterocycles. The fraction of sp³-hybridized carbons (Fsp3) is 0.419. The second-order valence-electron chi connectivity index (χ2n) is 10.2. The zero-order valence-electron chi connectivity index (χ0n) is 22.2. The van der Waals surface area contributed by atoms with Crippen LogP contribution in [0, 0.1) is 12.8 Å². The Morgan fingerprint density at radius 3 is 2.61 bits per heavy atom. The molecule has 0 saturated heterocycles. The minimum absolute atomic E-state index is 0.128. The molecule has 0 spiro atoms. The number of hydrogen-bond donors (Lipinski definition) is 1. The van der Waals surface area contributed by atoms with Gasteiger partial charge in [0.15, 0.2) is 5.76 Å². The fourth-order valence-corrected chi connectivity index (χ4v) is 5.52. The molecular formula is C31H36N2O5. The highest BCUT2D eigenvalue weighted by molar-refractivity contribution is 5.91. The molecule has 2 amide bonds. The van der Waals surface area contributed by atoms with Gasteiger partial charge in [-0.1, -0.05) is 48.7 Å². The molecule has 1 N–H and O–H groups in total. The average molecular weight is 517 g/mol. The lowest BCUT2D eigenvalue weighted by Gasteiger charge is -2.39. The molecule has 7 nitrogen and oxygen atoms in total. The standard InChI is InChI=1S/C31H36N2O5/c1-21-7-9-23(10-8-21)29-27-19-25(37-20-26-13-14-28(38-26)30(34)32-16-18-36-2)12-11-22(27)15-17-33(29)31(35)24-5-3-4-6-24/h7-14,19,24,29H,3-6,15-18,20H2,1-2H3,(H,32,34)/t29-/m0/s1. The summed E-state index contributed by atoms with van der Waals surface area (Å²) in [4.78, 5) is 27.9. The summed E-state index contributed by atoms with van der Waals surface area (Å²) in [5.41, 5.74) is 4.67. The van der Waals surface area contributed by atoms with Gasteiger partial charge < -0.3 is 24.1 Å². The van der Waals surface area contributed by atoms with Crippen molar-refractivity contribution in [2.45, 2.75) is 51.7 Å². The molecule has 7 heteroatoms. The lowest BCUT2D eigenvalue weighted by molar-refractivity contribution is -0.137. The first-order valence-electron chi connectivity index (χ1n) is 13.5. The van der Waals surface area contributed by atoms with Crippen molar-refractivity contribution in [3.05, 3.63) is 88.4 Å². The lowest BCUT2D eigenvalue weighted by atomic mass is 9.86. The average Bonchev–Trinajstić information content (AvgIpc) is 3.64. The van der Waals surface area contributed by atoms with E-state index in [0.717, 1.165) is 49.8 Å². The van der Waals surface area contributed by atoms with E-state index >= 15 is 0 Å². The van der Waals surface area contributed by atoms with Crippen LogP contribution in [-0.4, -0.2) is 43.5 Å². The van der Waals surface area contributed by atoms with Gasteiger partial charge in [-0.3, -0.25) is 9.59 Å². The van der Waals surface area contributed by atoms with Crippen molar-refractivity contribution >= 4 is 11.8 Å². The smallest absolute Gasteiger partial charge is 0.287 e. The number of carbonyl (C=O) groups excluding carboxylic acids is 2. The van der Waals surface area contributed by atoms with Gasteiger partial charge in [-0.25, -0.2) is 0 Å². The van der Waals surface area contributed by atoms with Crippen molar-refractivity contribution in [1.29, 1.82) is 0 Å². The van der Waals surface area contributed by atoms with Crippen LogP contribution in [0.1, 0.15) is 70.3 Å². The number of fused-ring (bicyclic) bond motifs is 1. The van der Waals surface area contributed by atoms with Crippen LogP contribution in [0.3, 0.4) is 0 Å². The summed E-state index contributed by atoms with van der Waals surface area (Å²) in [5.74, 6) is 1.63. The highest BCUT2D eigenvalue weighted by atomic mass is 16.5. The number of rotatable bonds is 9. The molecule has 3 aromatic rings. The largest absolute Gasteiger partial charge is 0.486 e. The van der Waals surface area contributed by atoms with Crippen molar-refractivity contribution < 1.29 is 23.5 Å². The summed E-state index contributed by atoms with van der Waals surface area (Å²) in [6.07, 6.45) is 5.08. The number of methoxy groups -OCH3 is 1. The quantitative estimate of drug-likeness (QED) is 0.395. The molecule has 1 aliphatic heterocycles. The predicted molar refractivity (Wildman–Crippen MR) is 144 cm³/mol. The number of benzene rings is 2. The zero-order valence-corrected chi connectivity index (χ0v) is 22.2. The van der Waals surface area contributed by atoms with E-state index in [1.165, 1.54) is 11.1 Å². The van der Waals surface area contributed by atoms with Gasteiger partial charge in [0.1, 0.15) is 18.1 Å². The Bertz CT molecular complexity index is 1260. The minimum atomic E-state index is -0.282. The Hall–Kier alpha value is -3.58. The molecular weight excluding hydrogens is 480 g/mol. The van der Waals surface area contributed by atoms with Crippen LogP contribution >= 0.6 is 0 Å². The third-order valence-corrected chi connectivity index (χ3v) is 7.58. The van der Waals surface area contributed by atoms with Crippen LogP contribution in [0.15, 0.2) is 59.0 Å². The number of amides is 2. The maximum absolute atomic E-state index is 13.6. The van der Waals surface area contributed by atoms with Crippen LogP contribution < -0.4 is 10.1 Å². The Balaban J connectivity index is 1.35. The molecule has 5 rings (SSSR count). The molecule has 1 saturated carbocycles. The Labute approximate surface area is 224 Å². The van der Waals surface area contributed by atoms with E-state index in [1.54, 1.807) is 19.2 Å². The third-order valence-electron chi connectivity index (χ3n) is 7.58. The SMILES string of the molecule is COCCNC(=O)c1ccc(COc2ccc3c(c2)[C@H](c2ccc(C)cc2)N(C(=O)C2CCCC2)CC3)o1. The molecule has 2 heterocycles. The molecule has 0 unspecified atom stereocenters. The van der Waals surface area contributed by atoms with E-state index in [1.807, 2.05) is 6.07 Å². The summed E-state index contributed by atoms with van der Waals surface area (Å²) in [6.45, 7) is 3.86. The Kier molecular flexibility index (Phi) is 8.13. The van der Waals surface area contributed by atoms with Gasteiger partial charge in [-0.05, 0) is 67.1 Å². The molecule has 2 aromatic carbocycles. The molecule has 0 radical (unpaired) electrons. The summed E-state index contributed by atoms with van der Waals surface area (Å²) in [6, 6.07) is 17.9. The summed E-state index contributed by atoms with van der Waals surface area (Å²) >= 11 is 0. The van der Waals surface area contributed by atoms with Crippen LogP contribution in [0.5, 0.6) is 5.75 Å². The third kappa shape index (κ3) is 5.78. The molecule has 200 valence electrons. The monoisotopic (exact) mass is 516 g/mol. The number of ether oxygens (including phenoxy) is 2. The van der Waals surface area contributed by atoms with Crippen molar-refractivity contribution in [3.8, 4) is 5.75 Å². The summed E-state index contributed by atoms with van der Waals surface area (Å²) in [5, 5.41) is 2.75. The van der Waals surface area contributed by atoms with E-state index in [2.05, 4.69) is 53.5 Å². The first kappa shape index (κ1) is 26.0. The van der Waals surface area contributed by atoms with Crippen molar-refractivity contribution in [3.63, 3.8) is 0 Å². The van der Waals surface area contributed by atoms with Crippen molar-refractivity contribution in [1.82, 2.24) is 10.2 Å². The first-order valence-corrected chi connectivity index (χ1v) is 13.5. The first-order chi connectivity index (χ1) is 18.5. The number of furan rings is 1. The van der Waals surface area contributed by atoms with Gasteiger partial charge in [0, 0.05) is 26.1 Å². The van der Waals surface area contributed by atoms with Gasteiger partial charge in [-0.2, -0.15) is 0 Å². The van der Waals surface area contributed by atoms with Crippen LogP contribution in [0.2, 0.25) is 0 Å². The molecule has 1 fully saturated rings. The van der Waals surface area contributed by atoms with E-state index in [0.29, 0.717) is 24.7 Å². The van der Waals surface area contributed by atoms with Crippen molar-refractivity contribution in [2.75, 3.05) is 26.8 Å². The van der Waals surface area contributed by atoms with Crippen molar-refractivity contribution in [2.24, 2.45) is 5.92 Å². The minimum Gasteiger partial charge on any atom is -0.486 e. The van der Waals surface area contributed by atoms with E-state index in [4.69, 9.17) is 13.9 Å². The second kappa shape index (κ2) is 11.9. The van der Waals surface area contributed by atoms with E-state index in [-0.39, 0.29) is 36.1 Å². The maximum Gasteiger partial charge on any atom is 0.287 e. The fourth-order valence-electron chi connectivity index (χ4n) is 5.52. The summed E-state index contributed by atoms with van der Waals surface area (Å²) in [7, 11) is 1.59. The predicted octanol–water partition coefficient (Wildman–Crippen LogP) is 5.21. The number of nitrogens with zero attached hydrogens (tertiary/aromatic N) is 1. The number of aryl methyl sites for hydroxylation is 1. The molecule has 2 aliphatic rings. The van der Waals surface area contributed by atoms with Crippen LogP contribution in [0.4, 0.5) is 0 Å². The highest BCUT2D eigenvalue weighted by Crippen LogP contribution is 2.40. The molecule has 0 bridgehead atoms. The van der Waals surface area contributed by atoms with Gasteiger partial charge in [0.05, 0.1) is 12.6 Å². The maximum atomic E-state index is 13.6. The lowest BCUT2D eigenvalue weighted by Crippen LogP contribution is -2.43. The topological polar surface area (TPSA) is 81.0 Å². The number of nitrogens with one attached hydrogen (secondary N) is 1. The zero-order chi connectivity index (χ0) is 26.5. The Morgan fingerprint density at radius 2 is 1.84 bits per heavy atom. The summed E-state index contributed by atoms with van der Waals surface area (Å²) < 4.78 is 16.7. The van der Waals surface area contributed by atoms with Gasteiger partial charge in [0.25, 0.3) is 5.91 Å². The molecule has 1 atom stereocenters. The van der Waals surface area contributed by atoms with E-state index < -0.39 is 0 Å². The molecule has 1 aliphatic carbocycles.